The van der Waals surface area contributed by atoms with Gasteiger partial charge < -0.3 is 9.64 Å². The molecule has 1 unspecified atom stereocenters. The second kappa shape index (κ2) is 8.59. The monoisotopic (exact) mass is 475 g/mol. The van der Waals surface area contributed by atoms with Crippen molar-refractivity contribution in [3.8, 4) is 16.3 Å². The largest absolute Gasteiger partial charge is 0.497 e. The molecule has 8 heteroatoms. The fraction of sp³-hybridized carbons (Fsp3) is 0.286. The second-order valence-electron chi connectivity index (χ2n) is 6.86. The molecule has 0 aliphatic carbocycles. The van der Waals surface area contributed by atoms with Crippen LogP contribution in [0.4, 0.5) is 4.39 Å². The van der Waals surface area contributed by atoms with Crippen LogP contribution in [0.2, 0.25) is 0 Å². The van der Waals surface area contributed by atoms with Crippen LogP contribution >= 0.6 is 27.3 Å². The highest BCUT2D eigenvalue weighted by Gasteiger charge is 2.29. The standard InChI is InChI=1S/C21H19BrFN3O2S/c1-28-14-8-9-17(22)16(11-14)21(27)26-10-4-5-13(12-26)19-24-25-20(29-19)15-6-2-3-7-18(15)23/h2-3,6-9,11,13H,4-5,10,12H2,1H3. The zero-order chi connectivity index (χ0) is 20.4. The number of nitrogens with zero attached hydrogens (tertiary/aromatic N) is 3. The number of hydrogen-bond donors (Lipinski definition) is 0. The topological polar surface area (TPSA) is 55.3 Å². The maximum Gasteiger partial charge on any atom is 0.255 e. The fourth-order valence-electron chi connectivity index (χ4n) is 3.47. The lowest BCUT2D eigenvalue weighted by Crippen LogP contribution is -2.39. The molecule has 1 atom stereocenters. The van der Waals surface area contributed by atoms with Gasteiger partial charge in [-0.05, 0) is 59.1 Å². The van der Waals surface area contributed by atoms with Crippen molar-refractivity contribution >= 4 is 33.2 Å². The number of carbonyl (C=O) groups is 1. The Hall–Kier alpha value is -2.32. The lowest BCUT2D eigenvalue weighted by Gasteiger charge is -2.32. The Bertz CT molecular complexity index is 1040. The minimum absolute atomic E-state index is 0.0423. The lowest BCUT2D eigenvalue weighted by atomic mass is 9.98. The summed E-state index contributed by atoms with van der Waals surface area (Å²) in [5.74, 6) is 0.386. The van der Waals surface area contributed by atoms with Crippen LogP contribution < -0.4 is 4.74 Å². The molecule has 5 nitrogen and oxygen atoms in total. The number of piperidine rings is 1. The van der Waals surface area contributed by atoms with Crippen LogP contribution in [0.1, 0.15) is 34.1 Å². The second-order valence-corrected chi connectivity index (χ2v) is 8.72. The predicted octanol–water partition coefficient (Wildman–Crippen LogP) is 5.14. The van der Waals surface area contributed by atoms with Crippen molar-refractivity contribution in [3.63, 3.8) is 0 Å². The third-order valence-corrected chi connectivity index (χ3v) is 6.82. The Morgan fingerprint density at radius 2 is 2.10 bits per heavy atom. The molecule has 29 heavy (non-hydrogen) atoms. The quantitative estimate of drug-likeness (QED) is 0.524. The van der Waals surface area contributed by atoms with Crippen molar-refractivity contribution < 1.29 is 13.9 Å². The zero-order valence-electron chi connectivity index (χ0n) is 15.8. The third kappa shape index (κ3) is 4.18. The molecule has 150 valence electrons. The maximum atomic E-state index is 14.1. The van der Waals surface area contributed by atoms with Gasteiger partial charge in [-0.2, -0.15) is 0 Å². The average molecular weight is 476 g/mol. The van der Waals surface area contributed by atoms with Crippen LogP contribution in [-0.2, 0) is 0 Å². The SMILES string of the molecule is COc1ccc(Br)c(C(=O)N2CCCC(c3nnc(-c4ccccc4F)s3)C2)c1. The van der Waals surface area contributed by atoms with Gasteiger partial charge in [-0.3, -0.25) is 4.79 Å². The van der Waals surface area contributed by atoms with E-state index in [9.17, 15) is 9.18 Å². The van der Waals surface area contributed by atoms with Gasteiger partial charge in [0.05, 0.1) is 12.7 Å². The number of likely N-dealkylation sites (tertiary alicyclic amines) is 1. The van der Waals surface area contributed by atoms with E-state index in [1.54, 1.807) is 31.4 Å². The van der Waals surface area contributed by atoms with Crippen molar-refractivity contribution in [2.75, 3.05) is 20.2 Å². The molecule has 0 radical (unpaired) electrons. The van der Waals surface area contributed by atoms with Crippen LogP contribution in [-0.4, -0.2) is 41.2 Å². The Labute approximate surface area is 180 Å². The molecular formula is C21H19BrFN3O2S. The number of benzene rings is 2. The van der Waals surface area contributed by atoms with Gasteiger partial charge in [-0.15, -0.1) is 10.2 Å². The fourth-order valence-corrected chi connectivity index (χ4v) is 4.88. The normalized spacial score (nSPS) is 16.7. The van der Waals surface area contributed by atoms with E-state index in [-0.39, 0.29) is 17.6 Å². The Balaban J connectivity index is 1.53. The summed E-state index contributed by atoms with van der Waals surface area (Å²) in [5.41, 5.74) is 1.04. The van der Waals surface area contributed by atoms with Gasteiger partial charge in [-0.25, -0.2) is 4.39 Å². The first-order valence-electron chi connectivity index (χ1n) is 9.28. The number of methoxy groups -OCH3 is 1. The number of amides is 1. The van der Waals surface area contributed by atoms with Crippen LogP contribution in [0.25, 0.3) is 10.6 Å². The van der Waals surface area contributed by atoms with E-state index in [0.717, 1.165) is 22.3 Å². The highest BCUT2D eigenvalue weighted by atomic mass is 79.9. The molecule has 2 heterocycles. The first kappa shape index (κ1) is 20.0. The van der Waals surface area contributed by atoms with Crippen molar-refractivity contribution in [1.82, 2.24) is 15.1 Å². The van der Waals surface area contributed by atoms with Crippen LogP contribution in [0.5, 0.6) is 5.75 Å². The van der Waals surface area contributed by atoms with Gasteiger partial charge in [0.25, 0.3) is 5.91 Å². The van der Waals surface area contributed by atoms with E-state index in [0.29, 0.717) is 35.0 Å². The van der Waals surface area contributed by atoms with Gasteiger partial charge >= 0.3 is 0 Å². The van der Waals surface area contributed by atoms with Gasteiger partial charge in [0, 0.05) is 29.0 Å². The molecule has 2 aromatic carbocycles. The first-order chi connectivity index (χ1) is 14.1. The van der Waals surface area contributed by atoms with E-state index in [1.165, 1.54) is 17.4 Å². The molecule has 1 aliphatic heterocycles. The van der Waals surface area contributed by atoms with Gasteiger partial charge in [-0.1, -0.05) is 23.5 Å². The van der Waals surface area contributed by atoms with E-state index in [4.69, 9.17) is 4.74 Å². The molecule has 0 spiro atoms. The van der Waals surface area contributed by atoms with Crippen molar-refractivity contribution in [2.24, 2.45) is 0 Å². The summed E-state index contributed by atoms with van der Waals surface area (Å²) in [6.07, 6.45) is 1.81. The van der Waals surface area contributed by atoms with E-state index >= 15 is 0 Å². The van der Waals surface area contributed by atoms with Crippen LogP contribution in [0, 0.1) is 5.82 Å². The summed E-state index contributed by atoms with van der Waals surface area (Å²) < 4.78 is 20.0. The summed E-state index contributed by atoms with van der Waals surface area (Å²) in [7, 11) is 1.58. The van der Waals surface area contributed by atoms with Crippen LogP contribution in [0.3, 0.4) is 0 Å². The van der Waals surface area contributed by atoms with E-state index in [2.05, 4.69) is 26.1 Å². The lowest BCUT2D eigenvalue weighted by molar-refractivity contribution is 0.0705. The Morgan fingerprint density at radius 3 is 2.90 bits per heavy atom. The van der Waals surface area contributed by atoms with Crippen molar-refractivity contribution in [1.29, 1.82) is 0 Å². The molecule has 1 fully saturated rings. The molecule has 1 aliphatic rings. The molecule has 0 bridgehead atoms. The highest BCUT2D eigenvalue weighted by Crippen LogP contribution is 2.34. The molecule has 0 saturated carbocycles. The number of hydrogen-bond acceptors (Lipinski definition) is 5. The molecule has 3 aromatic rings. The molecular weight excluding hydrogens is 457 g/mol. The molecule has 4 rings (SSSR count). The Kier molecular flexibility index (Phi) is 5.91. The number of carbonyl (C=O) groups excluding carboxylic acids is 1. The van der Waals surface area contributed by atoms with E-state index < -0.39 is 0 Å². The van der Waals surface area contributed by atoms with Crippen molar-refractivity contribution in [3.05, 3.63) is 63.3 Å². The molecule has 1 aromatic heterocycles. The van der Waals surface area contributed by atoms with Crippen molar-refractivity contribution in [2.45, 2.75) is 18.8 Å². The number of rotatable bonds is 4. The summed E-state index contributed by atoms with van der Waals surface area (Å²) in [5, 5.41) is 9.90. The molecule has 0 N–H and O–H groups in total. The first-order valence-corrected chi connectivity index (χ1v) is 10.9. The number of ether oxygens (including phenoxy) is 1. The summed E-state index contributed by atoms with van der Waals surface area (Å²) >= 11 is 4.86. The number of halogens is 2. The minimum Gasteiger partial charge on any atom is -0.497 e. The van der Waals surface area contributed by atoms with Gasteiger partial charge in [0.2, 0.25) is 0 Å². The zero-order valence-corrected chi connectivity index (χ0v) is 18.2. The minimum atomic E-state index is -0.307. The predicted molar refractivity (Wildman–Crippen MR) is 114 cm³/mol. The van der Waals surface area contributed by atoms with E-state index in [1.807, 2.05) is 17.0 Å². The van der Waals surface area contributed by atoms with Crippen LogP contribution in [0.15, 0.2) is 46.9 Å². The summed E-state index contributed by atoms with van der Waals surface area (Å²) in [6.45, 7) is 1.26. The Morgan fingerprint density at radius 1 is 1.28 bits per heavy atom. The third-order valence-electron chi connectivity index (χ3n) is 5.01. The smallest absolute Gasteiger partial charge is 0.255 e. The van der Waals surface area contributed by atoms with Gasteiger partial charge in [0.1, 0.15) is 16.6 Å². The summed E-state index contributed by atoms with van der Waals surface area (Å²) in [4.78, 5) is 14.9. The number of aromatic nitrogens is 2. The highest BCUT2D eigenvalue weighted by molar-refractivity contribution is 9.10. The summed E-state index contributed by atoms with van der Waals surface area (Å²) in [6, 6.07) is 11.9. The van der Waals surface area contributed by atoms with Gasteiger partial charge in [0.15, 0.2) is 5.01 Å². The molecule has 1 amide bonds. The average Bonchev–Trinajstić information content (AvgIpc) is 3.24. The molecule has 1 saturated heterocycles. The maximum absolute atomic E-state index is 14.1.